The zero-order valence-electron chi connectivity index (χ0n) is 7.56. The molecule has 0 aliphatic heterocycles. The summed E-state index contributed by atoms with van der Waals surface area (Å²) in [6.07, 6.45) is 4.18. The van der Waals surface area contributed by atoms with E-state index in [4.69, 9.17) is 5.73 Å². The first-order valence-electron chi connectivity index (χ1n) is 4.54. The molecule has 0 spiro atoms. The van der Waals surface area contributed by atoms with Crippen LogP contribution in [0, 0.1) is 11.8 Å². The van der Waals surface area contributed by atoms with E-state index in [9.17, 15) is 0 Å². The highest BCUT2D eigenvalue weighted by atomic mass is 14.6. The fraction of sp³-hybridized carbons (Fsp3) is 1.00. The van der Waals surface area contributed by atoms with Gasteiger partial charge in [0.25, 0.3) is 0 Å². The lowest BCUT2D eigenvalue weighted by Crippen LogP contribution is -2.15. The molecule has 1 fully saturated rings. The molecule has 1 saturated carbocycles. The first-order valence-corrected chi connectivity index (χ1v) is 4.54. The Morgan fingerprint density at radius 2 is 1.90 bits per heavy atom. The van der Waals surface area contributed by atoms with Crippen molar-refractivity contribution in [1.29, 1.82) is 0 Å². The average Bonchev–Trinajstić information content (AvgIpc) is 2.39. The molecule has 1 nitrogen and oxygen atoms in total. The monoisotopic (exact) mass is 143 g/mol. The van der Waals surface area contributed by atoms with E-state index in [0.717, 1.165) is 18.4 Å². The second kappa shape index (κ2) is 5.72. The highest BCUT2D eigenvalue weighted by molar-refractivity contribution is 4.73. The molecule has 2 N–H and O–H groups in total. The van der Waals surface area contributed by atoms with Gasteiger partial charge in [-0.3, -0.25) is 0 Å². The molecular formula is C9H21N. The molecule has 0 heterocycles. The molecule has 2 unspecified atom stereocenters. The van der Waals surface area contributed by atoms with Crippen LogP contribution in [0.3, 0.4) is 0 Å². The molecule has 0 saturated heterocycles. The second-order valence-electron chi connectivity index (χ2n) is 2.90. The van der Waals surface area contributed by atoms with Gasteiger partial charge in [-0.25, -0.2) is 0 Å². The molecule has 0 aromatic heterocycles. The topological polar surface area (TPSA) is 26.0 Å². The molecule has 1 rings (SSSR count). The van der Waals surface area contributed by atoms with Crippen molar-refractivity contribution in [3.8, 4) is 0 Å². The Morgan fingerprint density at radius 1 is 1.30 bits per heavy atom. The van der Waals surface area contributed by atoms with Crippen LogP contribution in [0.2, 0.25) is 0 Å². The molecule has 62 valence electrons. The van der Waals surface area contributed by atoms with E-state index < -0.39 is 0 Å². The van der Waals surface area contributed by atoms with Crippen LogP contribution in [-0.4, -0.2) is 6.54 Å². The molecule has 0 aromatic rings. The van der Waals surface area contributed by atoms with Crippen molar-refractivity contribution in [2.45, 2.75) is 40.0 Å². The van der Waals surface area contributed by atoms with Crippen molar-refractivity contribution >= 4 is 0 Å². The standard InChI is InChI=1S/C7H15N.C2H6/c1-6-3-2-4-7(6)5-8;1-2/h6-7H,2-5,8H2,1H3;1-2H3. The fourth-order valence-electron chi connectivity index (χ4n) is 1.57. The molecule has 1 aliphatic rings. The Hall–Kier alpha value is -0.0400. The molecule has 0 radical (unpaired) electrons. The number of rotatable bonds is 1. The summed E-state index contributed by atoms with van der Waals surface area (Å²) in [5.41, 5.74) is 5.52. The maximum atomic E-state index is 5.52. The van der Waals surface area contributed by atoms with Crippen molar-refractivity contribution in [1.82, 2.24) is 0 Å². The largest absolute Gasteiger partial charge is 0.330 e. The molecule has 2 atom stereocenters. The lowest BCUT2D eigenvalue weighted by atomic mass is 9.99. The highest BCUT2D eigenvalue weighted by Crippen LogP contribution is 2.29. The lowest BCUT2D eigenvalue weighted by molar-refractivity contribution is 0.429. The zero-order chi connectivity index (χ0) is 7.98. The molecule has 0 amide bonds. The molecule has 0 aromatic carbocycles. The third-order valence-electron chi connectivity index (χ3n) is 2.34. The number of hydrogen-bond donors (Lipinski definition) is 1. The zero-order valence-corrected chi connectivity index (χ0v) is 7.56. The Labute approximate surface area is 65.0 Å². The Balaban J connectivity index is 0.000000371. The maximum absolute atomic E-state index is 5.52. The van der Waals surface area contributed by atoms with Gasteiger partial charge in [0.2, 0.25) is 0 Å². The van der Waals surface area contributed by atoms with Crippen LogP contribution in [0.15, 0.2) is 0 Å². The second-order valence-corrected chi connectivity index (χ2v) is 2.90. The Bertz CT molecular complexity index is 71.1. The van der Waals surface area contributed by atoms with Gasteiger partial charge in [-0.05, 0) is 24.8 Å². The van der Waals surface area contributed by atoms with E-state index in [0.29, 0.717) is 0 Å². The first-order chi connectivity index (χ1) is 4.84. The minimum Gasteiger partial charge on any atom is -0.330 e. The lowest BCUT2D eigenvalue weighted by Gasteiger charge is -2.10. The molecule has 1 heteroatoms. The summed E-state index contributed by atoms with van der Waals surface area (Å²) in [6.45, 7) is 7.21. The number of hydrogen-bond acceptors (Lipinski definition) is 1. The van der Waals surface area contributed by atoms with E-state index in [1.165, 1.54) is 19.3 Å². The van der Waals surface area contributed by atoms with Crippen LogP contribution in [0.5, 0.6) is 0 Å². The minimum atomic E-state index is 0.843. The third-order valence-corrected chi connectivity index (χ3v) is 2.34. The van der Waals surface area contributed by atoms with E-state index in [1.807, 2.05) is 13.8 Å². The van der Waals surface area contributed by atoms with Crippen LogP contribution >= 0.6 is 0 Å². The van der Waals surface area contributed by atoms with Crippen molar-refractivity contribution in [3.63, 3.8) is 0 Å². The van der Waals surface area contributed by atoms with Gasteiger partial charge < -0.3 is 5.73 Å². The Morgan fingerprint density at radius 3 is 2.10 bits per heavy atom. The third kappa shape index (κ3) is 2.70. The molecular weight excluding hydrogens is 122 g/mol. The van der Waals surface area contributed by atoms with Crippen molar-refractivity contribution < 1.29 is 0 Å². The van der Waals surface area contributed by atoms with Gasteiger partial charge in [-0.1, -0.05) is 33.6 Å². The van der Waals surface area contributed by atoms with Gasteiger partial charge in [0, 0.05) is 0 Å². The fourth-order valence-corrected chi connectivity index (χ4v) is 1.57. The van der Waals surface area contributed by atoms with Crippen LogP contribution in [0.4, 0.5) is 0 Å². The smallest absolute Gasteiger partial charge is 0.00463 e. The molecule has 10 heavy (non-hydrogen) atoms. The van der Waals surface area contributed by atoms with Gasteiger partial charge in [-0.15, -0.1) is 0 Å². The van der Waals surface area contributed by atoms with Crippen LogP contribution in [-0.2, 0) is 0 Å². The quantitative estimate of drug-likeness (QED) is 0.599. The van der Waals surface area contributed by atoms with Crippen LogP contribution < -0.4 is 5.73 Å². The molecule has 1 aliphatic carbocycles. The summed E-state index contributed by atoms with van der Waals surface area (Å²) in [7, 11) is 0. The average molecular weight is 143 g/mol. The first kappa shape index (κ1) is 9.96. The van der Waals surface area contributed by atoms with E-state index in [-0.39, 0.29) is 0 Å². The summed E-state index contributed by atoms with van der Waals surface area (Å²) < 4.78 is 0. The van der Waals surface area contributed by atoms with E-state index in [2.05, 4.69) is 6.92 Å². The summed E-state index contributed by atoms with van der Waals surface area (Å²) in [5, 5.41) is 0. The van der Waals surface area contributed by atoms with Crippen LogP contribution in [0.1, 0.15) is 40.0 Å². The van der Waals surface area contributed by atoms with Gasteiger partial charge in [0.15, 0.2) is 0 Å². The predicted molar refractivity (Wildman–Crippen MR) is 46.9 cm³/mol. The highest BCUT2D eigenvalue weighted by Gasteiger charge is 2.20. The SMILES string of the molecule is CC.CC1CCCC1CN. The predicted octanol–water partition coefficient (Wildman–Crippen LogP) is 2.41. The molecule has 0 bridgehead atoms. The van der Waals surface area contributed by atoms with Gasteiger partial charge >= 0.3 is 0 Å². The summed E-state index contributed by atoms with van der Waals surface area (Å²) in [5.74, 6) is 1.75. The summed E-state index contributed by atoms with van der Waals surface area (Å²) in [6, 6.07) is 0. The minimum absolute atomic E-state index is 0.843. The van der Waals surface area contributed by atoms with Crippen molar-refractivity contribution in [2.24, 2.45) is 17.6 Å². The normalized spacial score (nSPS) is 31.2. The van der Waals surface area contributed by atoms with E-state index >= 15 is 0 Å². The van der Waals surface area contributed by atoms with Crippen LogP contribution in [0.25, 0.3) is 0 Å². The van der Waals surface area contributed by atoms with Gasteiger partial charge in [-0.2, -0.15) is 0 Å². The van der Waals surface area contributed by atoms with Gasteiger partial charge in [0.1, 0.15) is 0 Å². The maximum Gasteiger partial charge on any atom is -0.00463 e. The van der Waals surface area contributed by atoms with Crippen molar-refractivity contribution in [2.75, 3.05) is 6.54 Å². The summed E-state index contributed by atoms with van der Waals surface area (Å²) in [4.78, 5) is 0. The Kier molecular flexibility index (Phi) is 5.70. The van der Waals surface area contributed by atoms with E-state index in [1.54, 1.807) is 0 Å². The van der Waals surface area contributed by atoms with Crippen molar-refractivity contribution in [3.05, 3.63) is 0 Å². The van der Waals surface area contributed by atoms with Gasteiger partial charge in [0.05, 0.1) is 0 Å². The number of nitrogens with two attached hydrogens (primary N) is 1. The summed E-state index contributed by atoms with van der Waals surface area (Å²) >= 11 is 0.